The molecule has 1 atom stereocenters. The van der Waals surface area contributed by atoms with Gasteiger partial charge in [0.2, 0.25) is 11.8 Å². The van der Waals surface area contributed by atoms with E-state index in [4.69, 9.17) is 4.52 Å². The molecule has 1 amide bonds. The molecule has 0 spiro atoms. The minimum absolute atomic E-state index is 0.0197. The molecule has 6 nitrogen and oxygen atoms in total. The van der Waals surface area contributed by atoms with Gasteiger partial charge in [0.25, 0.3) is 0 Å². The molecule has 1 aliphatic heterocycles. The van der Waals surface area contributed by atoms with Crippen LogP contribution in [0.1, 0.15) is 56.2 Å². The number of hydrogen-bond donors (Lipinski definition) is 2. The highest BCUT2D eigenvalue weighted by Gasteiger charge is 2.29. The number of hydrogen-bond acceptors (Lipinski definition) is 5. The first-order valence-corrected chi connectivity index (χ1v) is 7.56. The summed E-state index contributed by atoms with van der Waals surface area (Å²) in [5.74, 6) is 1.97. The molecule has 1 unspecified atom stereocenters. The van der Waals surface area contributed by atoms with Gasteiger partial charge < -0.3 is 15.2 Å². The van der Waals surface area contributed by atoms with Gasteiger partial charge in [0.15, 0.2) is 5.82 Å². The summed E-state index contributed by atoms with van der Waals surface area (Å²) in [6.45, 7) is 2.80. The van der Waals surface area contributed by atoms with Gasteiger partial charge in [0.1, 0.15) is 0 Å². The van der Waals surface area contributed by atoms with E-state index in [9.17, 15) is 4.79 Å². The topological polar surface area (TPSA) is 80.0 Å². The summed E-state index contributed by atoms with van der Waals surface area (Å²) in [7, 11) is 0. The molecule has 0 bridgehead atoms. The van der Waals surface area contributed by atoms with Crippen molar-refractivity contribution in [1.29, 1.82) is 0 Å². The van der Waals surface area contributed by atoms with E-state index in [1.165, 1.54) is 0 Å². The fraction of sp³-hybridized carbons (Fsp3) is 0.786. The van der Waals surface area contributed by atoms with Gasteiger partial charge in [-0.1, -0.05) is 5.16 Å². The Morgan fingerprint density at radius 1 is 1.30 bits per heavy atom. The zero-order valence-corrected chi connectivity index (χ0v) is 11.9. The Labute approximate surface area is 118 Å². The monoisotopic (exact) mass is 278 g/mol. The summed E-state index contributed by atoms with van der Waals surface area (Å²) in [4.78, 5) is 16.4. The summed E-state index contributed by atoms with van der Waals surface area (Å²) < 4.78 is 5.24. The zero-order valence-electron chi connectivity index (χ0n) is 11.9. The summed E-state index contributed by atoms with van der Waals surface area (Å²) in [5, 5.41) is 10.3. The van der Waals surface area contributed by atoms with E-state index in [1.807, 2.05) is 6.92 Å². The Balaban J connectivity index is 1.47. The molecule has 0 radical (unpaired) electrons. The van der Waals surface area contributed by atoms with Crippen LogP contribution in [0.3, 0.4) is 0 Å². The largest absolute Gasteiger partial charge is 0.352 e. The van der Waals surface area contributed by atoms with Gasteiger partial charge in [0, 0.05) is 12.0 Å². The van der Waals surface area contributed by atoms with Crippen LogP contribution in [0, 0.1) is 6.92 Å². The maximum atomic E-state index is 12.1. The van der Waals surface area contributed by atoms with E-state index in [1.54, 1.807) is 0 Å². The summed E-state index contributed by atoms with van der Waals surface area (Å²) in [6.07, 6.45) is 6.05. The van der Waals surface area contributed by atoms with Crippen molar-refractivity contribution >= 4 is 5.91 Å². The van der Waals surface area contributed by atoms with Crippen molar-refractivity contribution in [2.45, 2.75) is 63.5 Å². The smallest absolute Gasteiger partial charge is 0.237 e. The van der Waals surface area contributed by atoms with Gasteiger partial charge in [-0.2, -0.15) is 4.98 Å². The number of aryl methyl sites for hydroxylation is 1. The summed E-state index contributed by atoms with van der Waals surface area (Å²) in [5.41, 5.74) is 0. The van der Waals surface area contributed by atoms with Crippen LogP contribution in [0.2, 0.25) is 0 Å². The third kappa shape index (κ3) is 3.00. The second kappa shape index (κ2) is 5.91. The van der Waals surface area contributed by atoms with E-state index < -0.39 is 0 Å². The van der Waals surface area contributed by atoms with Crippen molar-refractivity contribution in [2.24, 2.45) is 0 Å². The number of nitrogens with one attached hydrogen (secondary N) is 2. The van der Waals surface area contributed by atoms with Crippen molar-refractivity contribution in [3.63, 3.8) is 0 Å². The number of nitrogens with zero attached hydrogens (tertiary/aromatic N) is 2. The number of carbonyl (C=O) groups is 1. The molecule has 1 aromatic heterocycles. The number of aromatic nitrogens is 2. The lowest BCUT2D eigenvalue weighted by atomic mass is 9.86. The van der Waals surface area contributed by atoms with E-state index in [0.29, 0.717) is 17.8 Å². The third-order valence-electron chi connectivity index (χ3n) is 4.34. The van der Waals surface area contributed by atoms with Crippen LogP contribution in [0.4, 0.5) is 0 Å². The van der Waals surface area contributed by atoms with Gasteiger partial charge in [-0.15, -0.1) is 0 Å². The van der Waals surface area contributed by atoms with Gasteiger partial charge >= 0.3 is 0 Å². The SMILES string of the molecule is Cc1noc(C2CCC(NC(=O)C3CCCN3)CC2)n1. The highest BCUT2D eigenvalue weighted by molar-refractivity contribution is 5.82. The van der Waals surface area contributed by atoms with E-state index in [2.05, 4.69) is 20.8 Å². The van der Waals surface area contributed by atoms with Crippen LogP contribution in [-0.2, 0) is 4.79 Å². The number of carbonyl (C=O) groups excluding carboxylic acids is 1. The van der Waals surface area contributed by atoms with Crippen molar-refractivity contribution < 1.29 is 9.32 Å². The van der Waals surface area contributed by atoms with Crippen molar-refractivity contribution in [2.75, 3.05) is 6.54 Å². The second-order valence-electron chi connectivity index (χ2n) is 5.89. The minimum atomic E-state index is 0.0197. The first-order chi connectivity index (χ1) is 9.72. The number of amides is 1. The molecule has 0 aromatic carbocycles. The fourth-order valence-corrected chi connectivity index (χ4v) is 3.17. The number of rotatable bonds is 3. The minimum Gasteiger partial charge on any atom is -0.352 e. The molecule has 1 aromatic rings. The molecule has 110 valence electrons. The molecule has 2 heterocycles. The maximum absolute atomic E-state index is 12.1. The zero-order chi connectivity index (χ0) is 13.9. The standard InChI is InChI=1S/C14H22N4O2/c1-9-16-14(20-18-9)10-4-6-11(7-5-10)17-13(19)12-3-2-8-15-12/h10-12,15H,2-8H2,1H3,(H,17,19). The predicted molar refractivity (Wildman–Crippen MR) is 73.2 cm³/mol. The molecule has 2 fully saturated rings. The maximum Gasteiger partial charge on any atom is 0.237 e. The molecule has 1 saturated heterocycles. The summed E-state index contributed by atoms with van der Waals surface area (Å²) in [6, 6.07) is 0.316. The molecule has 1 saturated carbocycles. The lowest BCUT2D eigenvalue weighted by Crippen LogP contribution is -2.46. The molecule has 2 aliphatic rings. The molecule has 2 N–H and O–H groups in total. The molecule has 1 aliphatic carbocycles. The van der Waals surface area contributed by atoms with Gasteiger partial charge in [-0.3, -0.25) is 4.79 Å². The average molecular weight is 278 g/mol. The average Bonchev–Trinajstić information content (AvgIpc) is 3.10. The fourth-order valence-electron chi connectivity index (χ4n) is 3.17. The normalized spacial score (nSPS) is 30.4. The predicted octanol–water partition coefficient (Wildman–Crippen LogP) is 1.27. The van der Waals surface area contributed by atoms with E-state index in [0.717, 1.165) is 51.0 Å². The first kappa shape index (κ1) is 13.5. The third-order valence-corrected chi connectivity index (χ3v) is 4.34. The van der Waals surface area contributed by atoms with Crippen molar-refractivity contribution in [3.8, 4) is 0 Å². The van der Waals surface area contributed by atoms with Crippen molar-refractivity contribution in [1.82, 2.24) is 20.8 Å². The Hall–Kier alpha value is -1.43. The van der Waals surface area contributed by atoms with Gasteiger partial charge in [0.05, 0.1) is 6.04 Å². The highest BCUT2D eigenvalue weighted by atomic mass is 16.5. The Kier molecular flexibility index (Phi) is 4.00. The second-order valence-corrected chi connectivity index (χ2v) is 5.89. The van der Waals surface area contributed by atoms with Gasteiger partial charge in [-0.25, -0.2) is 0 Å². The van der Waals surface area contributed by atoms with Crippen LogP contribution in [-0.4, -0.2) is 34.7 Å². The molecular formula is C14H22N4O2. The van der Waals surface area contributed by atoms with E-state index >= 15 is 0 Å². The van der Waals surface area contributed by atoms with E-state index in [-0.39, 0.29) is 11.9 Å². The molecule has 20 heavy (non-hydrogen) atoms. The molecule has 6 heteroatoms. The highest BCUT2D eigenvalue weighted by Crippen LogP contribution is 2.31. The lowest BCUT2D eigenvalue weighted by Gasteiger charge is -2.28. The quantitative estimate of drug-likeness (QED) is 0.870. The van der Waals surface area contributed by atoms with Crippen LogP contribution in [0.15, 0.2) is 4.52 Å². The molecule has 3 rings (SSSR count). The molecular weight excluding hydrogens is 256 g/mol. The van der Waals surface area contributed by atoms with Crippen LogP contribution < -0.4 is 10.6 Å². The van der Waals surface area contributed by atoms with Gasteiger partial charge in [-0.05, 0) is 52.0 Å². The Bertz CT molecular complexity index is 459. The van der Waals surface area contributed by atoms with Crippen LogP contribution >= 0.6 is 0 Å². The summed E-state index contributed by atoms with van der Waals surface area (Å²) >= 11 is 0. The Morgan fingerprint density at radius 2 is 2.10 bits per heavy atom. The lowest BCUT2D eigenvalue weighted by molar-refractivity contribution is -0.123. The van der Waals surface area contributed by atoms with Crippen LogP contribution in [0.5, 0.6) is 0 Å². The van der Waals surface area contributed by atoms with Crippen molar-refractivity contribution in [3.05, 3.63) is 11.7 Å². The first-order valence-electron chi connectivity index (χ1n) is 7.56. The Morgan fingerprint density at radius 3 is 2.70 bits per heavy atom. The van der Waals surface area contributed by atoms with Crippen LogP contribution in [0.25, 0.3) is 0 Å².